The van der Waals surface area contributed by atoms with E-state index >= 15 is 0 Å². The number of aryl methyl sites for hydroxylation is 1. The first kappa shape index (κ1) is 15.7. The minimum atomic E-state index is -0.367. The van der Waals surface area contributed by atoms with E-state index in [4.69, 9.17) is 4.52 Å². The molecular weight excluding hydrogens is 312 g/mol. The van der Waals surface area contributed by atoms with Crippen LogP contribution in [-0.4, -0.2) is 41.2 Å². The summed E-state index contributed by atoms with van der Waals surface area (Å²) in [5.41, 5.74) is 0.806. The Bertz CT molecular complexity index is 771. The molecule has 0 aliphatic heterocycles. The van der Waals surface area contributed by atoms with Crippen molar-refractivity contribution in [3.8, 4) is 11.4 Å². The zero-order valence-electron chi connectivity index (χ0n) is 13.0. The Labute approximate surface area is 137 Å². The molecule has 3 aromatic rings. The molecule has 3 heterocycles. The average Bonchev–Trinajstić information content (AvgIpc) is 3.27. The van der Waals surface area contributed by atoms with E-state index in [0.29, 0.717) is 31.1 Å². The van der Waals surface area contributed by atoms with Gasteiger partial charge in [0.15, 0.2) is 0 Å². The van der Waals surface area contributed by atoms with Gasteiger partial charge in [-0.1, -0.05) is 5.16 Å². The van der Waals surface area contributed by atoms with Crippen molar-refractivity contribution in [3.05, 3.63) is 36.7 Å². The Balaban J connectivity index is 1.50. The molecule has 24 heavy (non-hydrogen) atoms. The second-order valence-electron chi connectivity index (χ2n) is 5.16. The fraction of sp³-hybridized carbons (Fsp3) is 0.357. The summed E-state index contributed by atoms with van der Waals surface area (Å²) in [6, 6.07) is 3.21. The number of tetrazole rings is 1. The van der Waals surface area contributed by atoms with Crippen molar-refractivity contribution >= 4 is 5.91 Å². The SMILES string of the molecule is C[C@@H](NC(=O)CCCn1cnnn1)c1nc(-c2ccncc2)no1. The highest BCUT2D eigenvalue weighted by atomic mass is 16.5. The second-order valence-corrected chi connectivity index (χ2v) is 5.16. The van der Waals surface area contributed by atoms with E-state index in [1.807, 2.05) is 0 Å². The van der Waals surface area contributed by atoms with Crippen molar-refractivity contribution in [3.63, 3.8) is 0 Å². The lowest BCUT2D eigenvalue weighted by atomic mass is 10.2. The molecule has 10 nitrogen and oxygen atoms in total. The van der Waals surface area contributed by atoms with Crippen LogP contribution in [0.5, 0.6) is 0 Å². The second kappa shape index (κ2) is 7.40. The molecular formula is C14H16N8O2. The van der Waals surface area contributed by atoms with E-state index < -0.39 is 0 Å². The van der Waals surface area contributed by atoms with Crippen LogP contribution in [0.2, 0.25) is 0 Å². The van der Waals surface area contributed by atoms with Gasteiger partial charge in [-0.05, 0) is 35.9 Å². The molecule has 1 amide bonds. The molecule has 3 aromatic heterocycles. The van der Waals surface area contributed by atoms with E-state index in [1.54, 1.807) is 36.1 Å². The number of carbonyl (C=O) groups is 1. The molecule has 0 radical (unpaired) electrons. The summed E-state index contributed by atoms with van der Waals surface area (Å²) < 4.78 is 6.80. The smallest absolute Gasteiger partial charge is 0.249 e. The third kappa shape index (κ3) is 3.97. The van der Waals surface area contributed by atoms with Crippen LogP contribution in [-0.2, 0) is 11.3 Å². The Kier molecular flexibility index (Phi) is 4.84. The Morgan fingerprint density at radius 3 is 2.96 bits per heavy atom. The van der Waals surface area contributed by atoms with E-state index in [-0.39, 0.29) is 11.9 Å². The predicted molar refractivity (Wildman–Crippen MR) is 81.1 cm³/mol. The highest BCUT2D eigenvalue weighted by Gasteiger charge is 2.17. The zero-order valence-corrected chi connectivity index (χ0v) is 13.0. The highest BCUT2D eigenvalue weighted by Crippen LogP contribution is 2.17. The van der Waals surface area contributed by atoms with E-state index in [9.17, 15) is 4.79 Å². The number of rotatable bonds is 7. The number of hydrogen-bond donors (Lipinski definition) is 1. The Morgan fingerprint density at radius 2 is 2.21 bits per heavy atom. The third-order valence-corrected chi connectivity index (χ3v) is 3.31. The van der Waals surface area contributed by atoms with Crippen molar-refractivity contribution in [2.75, 3.05) is 0 Å². The van der Waals surface area contributed by atoms with Gasteiger partial charge in [-0.25, -0.2) is 4.68 Å². The van der Waals surface area contributed by atoms with Gasteiger partial charge in [-0.3, -0.25) is 9.78 Å². The largest absolute Gasteiger partial charge is 0.345 e. The number of nitrogens with zero attached hydrogens (tertiary/aromatic N) is 7. The third-order valence-electron chi connectivity index (χ3n) is 3.31. The van der Waals surface area contributed by atoms with Gasteiger partial charge in [0.25, 0.3) is 0 Å². The van der Waals surface area contributed by atoms with Gasteiger partial charge in [0, 0.05) is 30.9 Å². The number of carbonyl (C=O) groups excluding carboxylic acids is 1. The normalized spacial score (nSPS) is 12.0. The summed E-state index contributed by atoms with van der Waals surface area (Å²) in [7, 11) is 0. The quantitative estimate of drug-likeness (QED) is 0.674. The van der Waals surface area contributed by atoms with Crippen LogP contribution in [0.15, 0.2) is 35.4 Å². The molecule has 1 N–H and O–H groups in total. The molecule has 0 aliphatic carbocycles. The number of nitrogens with one attached hydrogen (secondary N) is 1. The van der Waals surface area contributed by atoms with Crippen LogP contribution < -0.4 is 5.32 Å². The van der Waals surface area contributed by atoms with Gasteiger partial charge in [-0.15, -0.1) is 5.10 Å². The standard InChI is InChI=1S/C14H16N8O2/c1-10(17-12(23)3-2-8-22-9-16-20-21-22)14-18-13(19-24-14)11-4-6-15-7-5-11/h4-7,9-10H,2-3,8H2,1H3,(H,17,23)/t10-/m1/s1. The molecule has 1 atom stereocenters. The van der Waals surface area contributed by atoms with E-state index in [1.165, 1.54) is 6.33 Å². The summed E-state index contributed by atoms with van der Waals surface area (Å²) >= 11 is 0. The Hall–Kier alpha value is -3.17. The minimum Gasteiger partial charge on any atom is -0.345 e. The molecule has 0 fully saturated rings. The lowest BCUT2D eigenvalue weighted by molar-refractivity contribution is -0.122. The number of pyridine rings is 1. The summed E-state index contributed by atoms with van der Waals surface area (Å²) in [5.74, 6) is 0.724. The van der Waals surface area contributed by atoms with Crippen LogP contribution in [0, 0.1) is 0 Å². The maximum atomic E-state index is 12.0. The zero-order chi connectivity index (χ0) is 16.8. The van der Waals surface area contributed by atoms with Crippen molar-refractivity contribution in [1.29, 1.82) is 0 Å². The summed E-state index contributed by atoms with van der Waals surface area (Å²) in [6.07, 6.45) is 5.81. The van der Waals surface area contributed by atoms with Crippen molar-refractivity contribution in [2.24, 2.45) is 0 Å². The lowest BCUT2D eigenvalue weighted by Gasteiger charge is -2.09. The maximum absolute atomic E-state index is 12.0. The monoisotopic (exact) mass is 328 g/mol. The van der Waals surface area contributed by atoms with Crippen LogP contribution >= 0.6 is 0 Å². The van der Waals surface area contributed by atoms with E-state index in [2.05, 4.69) is 36.0 Å². The first-order valence-electron chi connectivity index (χ1n) is 7.46. The molecule has 0 spiro atoms. The molecule has 0 saturated heterocycles. The van der Waals surface area contributed by atoms with Crippen LogP contribution in [0.1, 0.15) is 31.7 Å². The van der Waals surface area contributed by atoms with Gasteiger partial charge in [0.1, 0.15) is 12.4 Å². The lowest BCUT2D eigenvalue weighted by Crippen LogP contribution is -2.26. The molecule has 124 valence electrons. The predicted octanol–water partition coefficient (Wildman–Crippen LogP) is 0.776. The average molecular weight is 328 g/mol. The molecule has 0 aliphatic rings. The van der Waals surface area contributed by atoms with Gasteiger partial charge in [0.2, 0.25) is 17.6 Å². The fourth-order valence-electron chi connectivity index (χ4n) is 2.09. The molecule has 0 unspecified atom stereocenters. The maximum Gasteiger partial charge on any atom is 0.249 e. The summed E-state index contributed by atoms with van der Waals surface area (Å²) in [5, 5.41) is 17.6. The molecule has 0 aromatic carbocycles. The molecule has 0 bridgehead atoms. The Morgan fingerprint density at radius 1 is 1.38 bits per heavy atom. The van der Waals surface area contributed by atoms with Gasteiger partial charge < -0.3 is 9.84 Å². The van der Waals surface area contributed by atoms with Gasteiger partial charge in [0.05, 0.1) is 0 Å². The van der Waals surface area contributed by atoms with E-state index in [0.717, 1.165) is 5.56 Å². The fourth-order valence-corrected chi connectivity index (χ4v) is 2.09. The van der Waals surface area contributed by atoms with Gasteiger partial charge >= 0.3 is 0 Å². The highest BCUT2D eigenvalue weighted by molar-refractivity contribution is 5.76. The molecule has 0 saturated carbocycles. The van der Waals surface area contributed by atoms with Gasteiger partial charge in [-0.2, -0.15) is 4.98 Å². The van der Waals surface area contributed by atoms with Crippen LogP contribution in [0.25, 0.3) is 11.4 Å². The minimum absolute atomic E-state index is 0.0979. The summed E-state index contributed by atoms with van der Waals surface area (Å²) in [6.45, 7) is 2.38. The van der Waals surface area contributed by atoms with Crippen molar-refractivity contribution in [2.45, 2.75) is 32.4 Å². The first-order valence-corrected chi connectivity index (χ1v) is 7.46. The van der Waals surface area contributed by atoms with Crippen molar-refractivity contribution in [1.82, 2.24) is 40.6 Å². The molecule has 3 rings (SSSR count). The topological polar surface area (TPSA) is 125 Å². The first-order chi connectivity index (χ1) is 11.7. The molecule has 10 heteroatoms. The summed E-state index contributed by atoms with van der Waals surface area (Å²) in [4.78, 5) is 20.2. The number of amides is 1. The number of hydrogen-bond acceptors (Lipinski definition) is 8. The number of aromatic nitrogens is 7. The van der Waals surface area contributed by atoms with Crippen LogP contribution in [0.4, 0.5) is 0 Å². The van der Waals surface area contributed by atoms with Crippen LogP contribution in [0.3, 0.4) is 0 Å². The van der Waals surface area contributed by atoms with Crippen molar-refractivity contribution < 1.29 is 9.32 Å².